The molecule has 20 N–H and O–H groups in total. The molecule has 3 aromatic carbocycles. The van der Waals surface area contributed by atoms with Crippen molar-refractivity contribution in [2.75, 3.05) is 30.4 Å². The molecule has 103 heavy (non-hydrogen) atoms. The van der Waals surface area contributed by atoms with Crippen LogP contribution in [0.1, 0.15) is 101 Å². The molecule has 33 heteroatoms. The lowest BCUT2D eigenvalue weighted by Crippen LogP contribution is -2.59. The number of nitrogens with one attached hydrogen (secondary N) is 12. The van der Waals surface area contributed by atoms with Gasteiger partial charge in [0.1, 0.15) is 59.4 Å². The van der Waals surface area contributed by atoms with Gasteiger partial charge in [0.15, 0.2) is 10.5 Å². The Bertz CT molecular complexity index is 4260. The molecule has 3 heterocycles. The van der Waals surface area contributed by atoms with E-state index in [9.17, 15) is 67.7 Å². The predicted molar refractivity (Wildman–Crippen MR) is 391 cm³/mol. The highest BCUT2D eigenvalue weighted by Crippen LogP contribution is 2.42. The van der Waals surface area contributed by atoms with Crippen molar-refractivity contribution < 1.29 is 67.4 Å². The van der Waals surface area contributed by atoms with E-state index >= 15 is 0 Å². The summed E-state index contributed by atoms with van der Waals surface area (Å²) in [7, 11) is 0. The lowest BCUT2D eigenvalue weighted by Gasteiger charge is -2.27. The third-order valence-corrected chi connectivity index (χ3v) is 17.6. The molecule has 550 valence electrons. The number of primary amides is 2. The van der Waals surface area contributed by atoms with Crippen LogP contribution in [0.4, 0.5) is 5.69 Å². The summed E-state index contributed by atoms with van der Waals surface area (Å²) in [5.41, 5.74) is 20.5. The standard InChI is InChI=1S/C70H88N16O15S2/c1-35(2)25-52(66(96)82-50(61(73)91)22-24-103-6)84-67(97)54(28-40-32-74-34-78-40)81-58(90)33-77-68(98)60(36(3)4)86-62(92)37(5)79-65(95)53(26-38-31-76-49-13-8-7-11-43(38)49)85-64(94)51(20-21-57(72)89)83-63(93)48(71)12-9-10-23-75-70(102)80-39-14-17-44(47(27-39)69(99)100)59-45-18-15-41(87)29-55(45)101-56-30-42(88)16-19-46(56)59/h7-8,11,13-19,27,29-32,34-37,48,50-54,60,76,87H,9-10,12,20-26,28,33,71H2,1-6H3,(H2,72,89)(H2,73,91)(H,74,78)(H,77,98)(H,79,95)(H,81,90)(H,82,96)(H,83,93)(H,84,97)(H,85,94)(H,86,92)(H,99,100)(H2,75,80,102)/t37-,48-,50-,51-,52-,53-,54-,60-/m0/s1. The van der Waals surface area contributed by atoms with Gasteiger partial charge in [0, 0.05) is 83.4 Å². The molecule has 0 saturated heterocycles. The van der Waals surface area contributed by atoms with Crippen molar-refractivity contribution in [2.45, 2.75) is 141 Å². The monoisotopic (exact) mass is 1460 g/mol. The smallest absolute Gasteiger partial charge is 0.336 e. The Morgan fingerprint density at radius 3 is 2.04 bits per heavy atom. The van der Waals surface area contributed by atoms with Crippen LogP contribution in [0.2, 0.25) is 0 Å². The Morgan fingerprint density at radius 1 is 0.670 bits per heavy atom. The zero-order valence-corrected chi connectivity index (χ0v) is 59.3. The number of para-hydroxylation sites is 1. The van der Waals surface area contributed by atoms with E-state index in [1.54, 1.807) is 68.6 Å². The number of anilines is 1. The Labute approximate surface area is 602 Å². The minimum absolute atomic E-state index is 0.0939. The van der Waals surface area contributed by atoms with Crippen LogP contribution in [-0.2, 0) is 60.8 Å². The van der Waals surface area contributed by atoms with Crippen LogP contribution in [0.15, 0.2) is 107 Å². The molecule has 8 atom stereocenters. The Morgan fingerprint density at radius 2 is 1.35 bits per heavy atom. The molecular weight excluding hydrogens is 1370 g/mol. The Kier molecular flexibility index (Phi) is 29.0. The number of aromatic carboxylic acids is 1. The van der Waals surface area contributed by atoms with Gasteiger partial charge in [-0.15, -0.1) is 0 Å². The maximum absolute atomic E-state index is 14.4. The number of hydrogen-bond donors (Lipinski definition) is 17. The average Bonchev–Trinajstić information content (AvgIpc) is 1.26. The summed E-state index contributed by atoms with van der Waals surface area (Å²) in [6, 6.07) is 10.2. The number of carbonyl (C=O) groups is 11. The number of benzene rings is 4. The summed E-state index contributed by atoms with van der Waals surface area (Å²) >= 11 is 6.98. The first-order valence-corrected chi connectivity index (χ1v) is 35.2. The third kappa shape index (κ3) is 23.0. The first-order chi connectivity index (χ1) is 49.0. The van der Waals surface area contributed by atoms with E-state index in [2.05, 4.69) is 68.1 Å². The summed E-state index contributed by atoms with van der Waals surface area (Å²) < 4.78 is 5.93. The summed E-state index contributed by atoms with van der Waals surface area (Å²) in [6.07, 6.45) is 6.76. The number of aromatic amines is 2. The molecule has 31 nitrogen and oxygen atoms in total. The number of rotatable bonds is 38. The highest BCUT2D eigenvalue weighted by atomic mass is 32.2. The van der Waals surface area contributed by atoms with E-state index < -0.39 is 126 Å². The summed E-state index contributed by atoms with van der Waals surface area (Å²) in [6.45, 7) is 7.87. The van der Waals surface area contributed by atoms with Crippen LogP contribution in [-0.4, -0.2) is 169 Å². The highest BCUT2D eigenvalue weighted by Gasteiger charge is 2.35. The number of H-pyrrole nitrogens is 2. The van der Waals surface area contributed by atoms with Crippen molar-refractivity contribution in [1.29, 1.82) is 0 Å². The summed E-state index contributed by atoms with van der Waals surface area (Å²) in [4.78, 5) is 171. The predicted octanol–water partition coefficient (Wildman–Crippen LogP) is 2.18. The highest BCUT2D eigenvalue weighted by molar-refractivity contribution is 7.98. The normalized spacial score (nSPS) is 13.6. The van der Waals surface area contributed by atoms with Crippen LogP contribution < -0.4 is 75.8 Å². The number of aromatic nitrogens is 3. The van der Waals surface area contributed by atoms with Crippen LogP contribution in [0.25, 0.3) is 44.3 Å². The van der Waals surface area contributed by atoms with E-state index in [1.807, 2.05) is 20.1 Å². The molecule has 5 aromatic rings. The van der Waals surface area contributed by atoms with Crippen LogP contribution in [0.5, 0.6) is 5.75 Å². The molecule has 0 unspecified atom stereocenters. The molecule has 2 aliphatic rings. The van der Waals surface area contributed by atoms with Gasteiger partial charge in [-0.1, -0.05) is 52.0 Å². The molecule has 2 aromatic heterocycles. The Hall–Kier alpha value is -10.9. The molecule has 0 fully saturated rings. The minimum atomic E-state index is -1.44. The van der Waals surface area contributed by atoms with Gasteiger partial charge in [-0.05, 0) is 135 Å². The third-order valence-electron chi connectivity index (χ3n) is 16.7. The number of aromatic hydroxyl groups is 1. The molecule has 0 radical (unpaired) electrons. The second-order valence-electron chi connectivity index (χ2n) is 25.6. The number of nitrogens with zero attached hydrogens (tertiary/aromatic N) is 1. The van der Waals surface area contributed by atoms with E-state index in [0.29, 0.717) is 68.5 Å². The fraction of sp³-hybridized carbons (Fsp3) is 0.400. The van der Waals surface area contributed by atoms with E-state index in [1.165, 1.54) is 61.5 Å². The first-order valence-electron chi connectivity index (χ1n) is 33.4. The second-order valence-corrected chi connectivity index (χ2v) is 26.9. The zero-order chi connectivity index (χ0) is 75.2. The number of amides is 10. The SMILES string of the molecule is CSCC[C@H](NC(=O)[C@H](CC(C)C)NC(=O)[C@H](Cc1c[nH]cn1)NC(=O)CNC(=O)[C@@H](NC(=O)[C@H](C)NC(=O)[C@H](Cc1c[nH]c2ccccc12)NC(=O)[C@H](CCC(N)=O)NC(=O)[C@@H](N)CCCCNC(=S)Nc1ccc(-c2c3ccc(=O)cc-3oc3cc(O)ccc23)c(C(=O)O)c1)C(C)C)C(N)=O. The van der Waals surface area contributed by atoms with E-state index in [4.69, 9.17) is 33.8 Å². The maximum atomic E-state index is 14.4. The quantitative estimate of drug-likeness (QED) is 0.0150. The molecule has 1 aliphatic heterocycles. The van der Waals surface area contributed by atoms with E-state index in [-0.39, 0.29) is 90.6 Å². The number of imidazole rings is 1. The first kappa shape index (κ1) is 79.4. The minimum Gasteiger partial charge on any atom is -0.508 e. The fourth-order valence-electron chi connectivity index (χ4n) is 11.3. The molecule has 1 aliphatic carbocycles. The number of phenolic OH excluding ortho intramolecular Hbond substituents is 1. The van der Waals surface area contributed by atoms with Gasteiger partial charge in [0.05, 0.1) is 30.2 Å². The van der Waals surface area contributed by atoms with Gasteiger partial charge in [0.25, 0.3) is 0 Å². The lowest BCUT2D eigenvalue weighted by molar-refractivity contribution is -0.135. The number of hydrogen-bond acceptors (Lipinski definition) is 18. The number of phenols is 1. The van der Waals surface area contributed by atoms with Crippen molar-refractivity contribution in [3.8, 4) is 28.2 Å². The van der Waals surface area contributed by atoms with Gasteiger partial charge in [-0.2, -0.15) is 11.8 Å². The number of thiocarbonyl (C=S) groups is 1. The number of carbonyl (C=O) groups excluding carboxylic acids is 10. The van der Waals surface area contributed by atoms with Crippen LogP contribution in [0.3, 0.4) is 0 Å². The maximum Gasteiger partial charge on any atom is 0.336 e. The van der Waals surface area contributed by atoms with Crippen molar-refractivity contribution in [2.24, 2.45) is 29.0 Å². The van der Waals surface area contributed by atoms with Gasteiger partial charge >= 0.3 is 5.97 Å². The van der Waals surface area contributed by atoms with Gasteiger partial charge < -0.3 is 95.0 Å². The molecule has 10 amide bonds. The number of carboxylic acids is 1. The molecule has 7 rings (SSSR count). The zero-order valence-electron chi connectivity index (χ0n) is 57.7. The van der Waals surface area contributed by atoms with Crippen molar-refractivity contribution in [1.82, 2.24) is 62.8 Å². The number of nitrogens with two attached hydrogens (primary N) is 3. The average molecular weight is 1460 g/mol. The lowest BCUT2D eigenvalue weighted by atomic mass is 9.90. The number of thioether (sulfide) groups is 1. The molecule has 0 saturated carbocycles. The van der Waals surface area contributed by atoms with Crippen LogP contribution >= 0.6 is 24.0 Å². The van der Waals surface area contributed by atoms with Gasteiger partial charge in [-0.3, -0.25) is 52.7 Å². The number of carboxylic acid groups (broad SMARTS) is 1. The van der Waals surface area contributed by atoms with Crippen molar-refractivity contribution >= 4 is 122 Å². The largest absolute Gasteiger partial charge is 0.508 e. The Balaban J connectivity index is 0.941. The number of fused-ring (bicyclic) bond motifs is 3. The summed E-state index contributed by atoms with van der Waals surface area (Å²) in [5.74, 6) is -9.25. The van der Waals surface area contributed by atoms with Crippen LogP contribution in [0, 0.1) is 11.8 Å². The van der Waals surface area contributed by atoms with Crippen molar-refractivity contribution in [3.05, 3.63) is 125 Å². The fourth-order valence-corrected chi connectivity index (χ4v) is 12.0. The van der Waals surface area contributed by atoms with Gasteiger partial charge in [-0.25, -0.2) is 9.78 Å². The molecular formula is C70H88N16O15S2. The van der Waals surface area contributed by atoms with Gasteiger partial charge in [0.2, 0.25) is 59.1 Å². The van der Waals surface area contributed by atoms with E-state index in [0.717, 1.165) is 0 Å². The molecule has 0 spiro atoms. The number of unbranched alkanes of at least 4 members (excludes halogenated alkanes) is 1. The van der Waals surface area contributed by atoms with Crippen molar-refractivity contribution in [3.63, 3.8) is 0 Å². The molecule has 0 bridgehead atoms. The second kappa shape index (κ2) is 37.7. The summed E-state index contributed by atoms with van der Waals surface area (Å²) in [5, 5.41) is 48.9. The topological polar surface area (TPSA) is 501 Å².